The Balaban J connectivity index is 2.62. The van der Waals surface area contributed by atoms with Crippen LogP contribution in [0.25, 0.3) is 17.0 Å². The molecule has 0 saturated carbocycles. The first-order valence-corrected chi connectivity index (χ1v) is 4.61. The van der Waals surface area contributed by atoms with E-state index in [1.807, 2.05) is 0 Å². The first kappa shape index (κ1) is 11.6. The monoisotopic (exact) mass is 245 g/mol. The van der Waals surface area contributed by atoms with Gasteiger partial charge in [-0.15, -0.1) is 0 Å². The number of fused-ring (bicyclic) bond motifs is 1. The standard InChI is InChI=1S/C10H7F4N3/c1-2-7-8(11)9-6(3-15-7)4-16-17(9)5-10(12,13)14/h2-4H,1,5H2. The number of aromatic nitrogens is 3. The van der Waals surface area contributed by atoms with Gasteiger partial charge in [0.15, 0.2) is 5.82 Å². The molecule has 0 N–H and O–H groups in total. The molecule has 2 aromatic rings. The molecule has 2 heterocycles. The zero-order chi connectivity index (χ0) is 12.6. The molecule has 0 spiro atoms. The zero-order valence-corrected chi connectivity index (χ0v) is 8.50. The third-order valence-electron chi connectivity index (χ3n) is 2.17. The van der Waals surface area contributed by atoms with Crippen molar-refractivity contribution in [3.05, 3.63) is 30.5 Å². The lowest BCUT2D eigenvalue weighted by molar-refractivity contribution is -0.141. The molecule has 17 heavy (non-hydrogen) atoms. The van der Waals surface area contributed by atoms with Crippen LogP contribution >= 0.6 is 0 Å². The summed E-state index contributed by atoms with van der Waals surface area (Å²) in [7, 11) is 0. The van der Waals surface area contributed by atoms with Gasteiger partial charge in [0.05, 0.1) is 6.20 Å². The van der Waals surface area contributed by atoms with Gasteiger partial charge in [-0.3, -0.25) is 9.67 Å². The van der Waals surface area contributed by atoms with E-state index in [0.717, 1.165) is 12.3 Å². The van der Waals surface area contributed by atoms with Crippen LogP contribution in [0.2, 0.25) is 0 Å². The third kappa shape index (κ3) is 2.13. The minimum absolute atomic E-state index is 0.0959. The van der Waals surface area contributed by atoms with Crippen molar-refractivity contribution in [1.82, 2.24) is 14.8 Å². The van der Waals surface area contributed by atoms with Crippen LogP contribution in [0.5, 0.6) is 0 Å². The number of hydrogen-bond donors (Lipinski definition) is 0. The van der Waals surface area contributed by atoms with Crippen molar-refractivity contribution in [2.24, 2.45) is 0 Å². The lowest BCUT2D eigenvalue weighted by Crippen LogP contribution is -2.19. The van der Waals surface area contributed by atoms with Gasteiger partial charge in [-0.2, -0.15) is 18.3 Å². The molecular formula is C10H7F4N3. The normalized spacial score (nSPS) is 12.0. The highest BCUT2D eigenvalue weighted by Crippen LogP contribution is 2.24. The number of nitrogens with zero attached hydrogens (tertiary/aromatic N) is 3. The minimum Gasteiger partial charge on any atom is -0.253 e. The van der Waals surface area contributed by atoms with Crippen LogP contribution in [0.1, 0.15) is 5.69 Å². The molecule has 90 valence electrons. The van der Waals surface area contributed by atoms with E-state index in [4.69, 9.17) is 0 Å². The summed E-state index contributed by atoms with van der Waals surface area (Å²) in [6.45, 7) is 1.99. The van der Waals surface area contributed by atoms with Crippen molar-refractivity contribution in [3.63, 3.8) is 0 Å². The Morgan fingerprint density at radius 1 is 1.35 bits per heavy atom. The summed E-state index contributed by atoms with van der Waals surface area (Å²) in [5.74, 6) is -0.848. The maximum absolute atomic E-state index is 13.8. The molecule has 3 nitrogen and oxygen atoms in total. The lowest BCUT2D eigenvalue weighted by Gasteiger charge is -2.08. The first-order valence-electron chi connectivity index (χ1n) is 4.61. The topological polar surface area (TPSA) is 30.7 Å². The molecule has 0 aliphatic rings. The summed E-state index contributed by atoms with van der Waals surface area (Å²) < 4.78 is 51.1. The van der Waals surface area contributed by atoms with Crippen LogP contribution in [0, 0.1) is 5.82 Å². The van der Waals surface area contributed by atoms with Gasteiger partial charge < -0.3 is 0 Å². The number of halogens is 4. The minimum atomic E-state index is -4.46. The van der Waals surface area contributed by atoms with E-state index < -0.39 is 18.5 Å². The largest absolute Gasteiger partial charge is 0.408 e. The second kappa shape index (κ2) is 3.83. The Labute approximate surface area is 93.4 Å². The molecule has 0 bridgehead atoms. The van der Waals surface area contributed by atoms with Crippen molar-refractivity contribution in [2.75, 3.05) is 0 Å². The van der Waals surface area contributed by atoms with E-state index >= 15 is 0 Å². The molecular weight excluding hydrogens is 238 g/mol. The molecule has 0 atom stereocenters. The molecule has 0 saturated heterocycles. The quantitative estimate of drug-likeness (QED) is 0.761. The van der Waals surface area contributed by atoms with E-state index in [1.165, 1.54) is 6.20 Å². The maximum Gasteiger partial charge on any atom is 0.408 e. The van der Waals surface area contributed by atoms with Gasteiger partial charge >= 0.3 is 6.18 Å². The van der Waals surface area contributed by atoms with Gasteiger partial charge in [0, 0.05) is 11.6 Å². The second-order valence-electron chi connectivity index (χ2n) is 3.38. The van der Waals surface area contributed by atoms with E-state index in [9.17, 15) is 17.6 Å². The van der Waals surface area contributed by atoms with Gasteiger partial charge in [-0.1, -0.05) is 6.58 Å². The van der Waals surface area contributed by atoms with Crippen LogP contribution in [-0.2, 0) is 6.54 Å². The van der Waals surface area contributed by atoms with Gasteiger partial charge in [0.1, 0.15) is 17.8 Å². The average molecular weight is 245 g/mol. The summed E-state index contributed by atoms with van der Waals surface area (Å²) in [6, 6.07) is 0. The third-order valence-corrected chi connectivity index (χ3v) is 2.17. The van der Waals surface area contributed by atoms with Crippen LogP contribution in [0.15, 0.2) is 19.0 Å². The van der Waals surface area contributed by atoms with Crippen LogP contribution in [-0.4, -0.2) is 20.9 Å². The summed E-state index contributed by atoms with van der Waals surface area (Å²) in [5, 5.41) is 3.72. The van der Waals surface area contributed by atoms with Gasteiger partial charge in [-0.25, -0.2) is 4.39 Å². The Morgan fingerprint density at radius 2 is 2.06 bits per heavy atom. The van der Waals surface area contributed by atoms with Crippen LogP contribution in [0.4, 0.5) is 17.6 Å². The van der Waals surface area contributed by atoms with Crippen LogP contribution < -0.4 is 0 Å². The smallest absolute Gasteiger partial charge is 0.253 e. The van der Waals surface area contributed by atoms with Gasteiger partial charge in [0.25, 0.3) is 0 Å². The SMILES string of the molecule is C=Cc1ncc2cnn(CC(F)(F)F)c2c1F. The molecule has 0 amide bonds. The van der Waals surface area contributed by atoms with E-state index in [0.29, 0.717) is 4.68 Å². The summed E-state index contributed by atoms with van der Waals surface area (Å²) >= 11 is 0. The highest BCUT2D eigenvalue weighted by atomic mass is 19.4. The van der Waals surface area contributed by atoms with Crippen molar-refractivity contribution >= 4 is 17.0 Å². The van der Waals surface area contributed by atoms with Crippen molar-refractivity contribution in [1.29, 1.82) is 0 Å². The van der Waals surface area contributed by atoms with Gasteiger partial charge in [-0.05, 0) is 6.08 Å². The predicted octanol–water partition coefficient (Wildman–Crippen LogP) is 2.78. The Bertz CT molecular complexity index is 571. The number of rotatable bonds is 2. The first-order chi connectivity index (χ1) is 7.92. The molecule has 0 aromatic carbocycles. The molecule has 0 aliphatic carbocycles. The molecule has 0 fully saturated rings. The number of pyridine rings is 1. The molecule has 2 rings (SSSR count). The van der Waals surface area contributed by atoms with E-state index in [2.05, 4.69) is 16.7 Å². The van der Waals surface area contributed by atoms with Gasteiger partial charge in [0.2, 0.25) is 0 Å². The Hall–Kier alpha value is -1.92. The molecule has 0 radical (unpaired) electrons. The highest BCUT2D eigenvalue weighted by molar-refractivity contribution is 5.80. The summed E-state index contributed by atoms with van der Waals surface area (Å²) in [6.07, 6.45) is -0.915. The lowest BCUT2D eigenvalue weighted by atomic mass is 10.2. The number of alkyl halides is 3. The Morgan fingerprint density at radius 3 is 2.65 bits per heavy atom. The Kier molecular flexibility index (Phi) is 2.60. The zero-order valence-electron chi connectivity index (χ0n) is 8.50. The van der Waals surface area contributed by atoms with Crippen molar-refractivity contribution < 1.29 is 17.6 Å². The van der Waals surface area contributed by atoms with E-state index in [1.54, 1.807) is 0 Å². The predicted molar refractivity (Wildman–Crippen MR) is 53.6 cm³/mol. The highest BCUT2D eigenvalue weighted by Gasteiger charge is 2.30. The fraction of sp³-hybridized carbons (Fsp3) is 0.200. The second-order valence-corrected chi connectivity index (χ2v) is 3.38. The fourth-order valence-electron chi connectivity index (χ4n) is 1.48. The van der Waals surface area contributed by atoms with Crippen molar-refractivity contribution in [2.45, 2.75) is 12.7 Å². The fourth-order valence-corrected chi connectivity index (χ4v) is 1.48. The summed E-state index contributed by atoms with van der Waals surface area (Å²) in [4.78, 5) is 3.71. The molecule has 7 heteroatoms. The number of hydrogen-bond acceptors (Lipinski definition) is 2. The molecule has 0 unspecified atom stereocenters. The molecule has 2 aromatic heterocycles. The average Bonchev–Trinajstić information content (AvgIpc) is 2.60. The van der Waals surface area contributed by atoms with Crippen molar-refractivity contribution in [3.8, 4) is 0 Å². The van der Waals surface area contributed by atoms with Crippen LogP contribution in [0.3, 0.4) is 0 Å². The molecule has 0 aliphatic heterocycles. The maximum atomic E-state index is 13.8. The summed E-state index contributed by atoms with van der Waals surface area (Å²) in [5.41, 5.74) is -0.311. The van der Waals surface area contributed by atoms with E-state index in [-0.39, 0.29) is 16.6 Å².